The van der Waals surface area contributed by atoms with E-state index >= 15 is 0 Å². The number of Topliss-reactive ketones (excluding diaryl/α,β-unsaturated/α-hetero) is 1. The van der Waals surface area contributed by atoms with Crippen LogP contribution in [0.3, 0.4) is 0 Å². The second-order valence-electron chi connectivity index (χ2n) is 3.47. The van der Waals surface area contributed by atoms with Crippen LogP contribution in [0.25, 0.3) is 0 Å². The molecule has 17 heavy (non-hydrogen) atoms. The summed E-state index contributed by atoms with van der Waals surface area (Å²) in [5, 5.41) is 19.7. The van der Waals surface area contributed by atoms with Gasteiger partial charge in [-0.3, -0.25) is 14.9 Å². The maximum Gasteiger partial charge on any atom is 0.343 e. The normalized spacial score (nSPS) is 10.0. The van der Waals surface area contributed by atoms with Crippen molar-refractivity contribution in [3.05, 3.63) is 38.9 Å². The number of ketones is 1. The number of nitrogens with zero attached hydrogens (tertiary/aromatic N) is 1. The third-order valence-corrected chi connectivity index (χ3v) is 2.41. The van der Waals surface area contributed by atoms with Crippen LogP contribution in [0.1, 0.15) is 40.1 Å². The predicted octanol–water partition coefficient (Wildman–Crippen LogP) is 2.06. The topological polar surface area (TPSA) is 97.5 Å². The van der Waals surface area contributed by atoms with Crippen LogP contribution in [0.4, 0.5) is 5.69 Å². The van der Waals surface area contributed by atoms with E-state index in [1.165, 1.54) is 13.0 Å². The van der Waals surface area contributed by atoms with Crippen LogP contribution >= 0.6 is 0 Å². The largest absolute Gasteiger partial charge is 0.477 e. The standard InChI is InChI=1S/C11H11NO5/c1-3-7-4-5-8(12(16)17)10(11(14)15)9(7)6(2)13/h4-5H,3H2,1-2H3,(H,14,15). The van der Waals surface area contributed by atoms with Crippen molar-refractivity contribution in [2.75, 3.05) is 0 Å². The summed E-state index contributed by atoms with van der Waals surface area (Å²) in [5.41, 5.74) is -0.656. The van der Waals surface area contributed by atoms with Gasteiger partial charge in [0.1, 0.15) is 5.56 Å². The number of hydrogen-bond donors (Lipinski definition) is 1. The first kappa shape index (κ1) is 12.8. The molecule has 0 aromatic heterocycles. The van der Waals surface area contributed by atoms with Crippen molar-refractivity contribution < 1.29 is 19.6 Å². The number of hydrogen-bond acceptors (Lipinski definition) is 4. The number of aryl methyl sites for hydroxylation is 1. The van der Waals surface area contributed by atoms with Crippen LogP contribution in [0.15, 0.2) is 12.1 Å². The molecule has 6 heteroatoms. The second-order valence-corrected chi connectivity index (χ2v) is 3.47. The van der Waals surface area contributed by atoms with E-state index in [1.54, 1.807) is 6.92 Å². The van der Waals surface area contributed by atoms with E-state index in [1.807, 2.05) is 0 Å². The fraction of sp³-hybridized carbons (Fsp3) is 0.273. The molecule has 0 aliphatic carbocycles. The highest BCUT2D eigenvalue weighted by atomic mass is 16.6. The van der Waals surface area contributed by atoms with E-state index in [-0.39, 0.29) is 5.56 Å². The minimum atomic E-state index is -1.46. The molecule has 0 saturated heterocycles. The van der Waals surface area contributed by atoms with E-state index in [0.717, 1.165) is 6.07 Å². The second kappa shape index (κ2) is 4.73. The Morgan fingerprint density at radius 3 is 2.29 bits per heavy atom. The number of aromatic carboxylic acids is 1. The molecule has 6 nitrogen and oxygen atoms in total. The van der Waals surface area contributed by atoms with Gasteiger partial charge in [0.15, 0.2) is 5.78 Å². The lowest BCUT2D eigenvalue weighted by Crippen LogP contribution is -2.12. The molecule has 0 aliphatic rings. The van der Waals surface area contributed by atoms with Gasteiger partial charge in [0.25, 0.3) is 5.69 Å². The Morgan fingerprint density at radius 1 is 1.35 bits per heavy atom. The molecule has 0 heterocycles. The maximum absolute atomic E-state index is 11.4. The summed E-state index contributed by atoms with van der Waals surface area (Å²) in [6.07, 6.45) is 0.438. The van der Waals surface area contributed by atoms with Gasteiger partial charge < -0.3 is 5.11 Å². The molecule has 0 spiro atoms. The quantitative estimate of drug-likeness (QED) is 0.491. The zero-order chi connectivity index (χ0) is 13.2. The fourth-order valence-electron chi connectivity index (χ4n) is 1.70. The summed E-state index contributed by atoms with van der Waals surface area (Å²) in [6, 6.07) is 2.54. The molecule has 1 aromatic rings. The Labute approximate surface area is 97.0 Å². The molecular weight excluding hydrogens is 226 g/mol. The molecule has 1 rings (SSSR count). The van der Waals surface area contributed by atoms with Gasteiger partial charge in [-0.1, -0.05) is 13.0 Å². The number of carboxylic acid groups (broad SMARTS) is 1. The summed E-state index contributed by atoms with van der Waals surface area (Å²) >= 11 is 0. The number of carbonyl (C=O) groups excluding carboxylic acids is 1. The summed E-state index contributed by atoms with van der Waals surface area (Å²) < 4.78 is 0. The van der Waals surface area contributed by atoms with Crippen molar-refractivity contribution in [3.63, 3.8) is 0 Å². The highest BCUT2D eigenvalue weighted by molar-refractivity contribution is 6.08. The van der Waals surface area contributed by atoms with Crippen LogP contribution in [-0.4, -0.2) is 21.8 Å². The Morgan fingerprint density at radius 2 is 1.94 bits per heavy atom. The summed E-state index contributed by atoms with van der Waals surface area (Å²) in [5.74, 6) is -1.94. The number of carbonyl (C=O) groups is 2. The third kappa shape index (κ3) is 2.30. The first-order chi connectivity index (χ1) is 7.90. The highest BCUT2D eigenvalue weighted by Crippen LogP contribution is 2.26. The molecule has 90 valence electrons. The van der Waals surface area contributed by atoms with Gasteiger partial charge in [-0.15, -0.1) is 0 Å². The molecule has 0 unspecified atom stereocenters. The van der Waals surface area contributed by atoms with E-state index in [4.69, 9.17) is 5.11 Å². The SMILES string of the molecule is CCc1ccc([N+](=O)[O-])c(C(=O)O)c1C(C)=O. The van der Waals surface area contributed by atoms with Crippen LogP contribution < -0.4 is 0 Å². The van der Waals surface area contributed by atoms with Crippen molar-refractivity contribution in [3.8, 4) is 0 Å². The van der Waals surface area contributed by atoms with Gasteiger partial charge in [-0.25, -0.2) is 4.79 Å². The highest BCUT2D eigenvalue weighted by Gasteiger charge is 2.27. The van der Waals surface area contributed by atoms with Gasteiger partial charge in [0.05, 0.1) is 4.92 Å². The lowest BCUT2D eigenvalue weighted by Gasteiger charge is -2.08. The average Bonchev–Trinajstić information content (AvgIpc) is 2.26. The van der Waals surface area contributed by atoms with E-state index in [2.05, 4.69) is 0 Å². The number of rotatable bonds is 4. The third-order valence-electron chi connectivity index (χ3n) is 2.41. The van der Waals surface area contributed by atoms with E-state index in [9.17, 15) is 19.7 Å². The molecule has 0 radical (unpaired) electrons. The van der Waals surface area contributed by atoms with Gasteiger partial charge in [0, 0.05) is 11.6 Å². The Bertz CT molecular complexity index is 507. The Balaban J connectivity index is 3.71. The first-order valence-corrected chi connectivity index (χ1v) is 4.94. The van der Waals surface area contributed by atoms with Crippen molar-refractivity contribution in [1.29, 1.82) is 0 Å². The molecule has 0 aliphatic heterocycles. The smallest absolute Gasteiger partial charge is 0.343 e. The van der Waals surface area contributed by atoms with Crippen molar-refractivity contribution in [2.24, 2.45) is 0 Å². The summed E-state index contributed by atoms with van der Waals surface area (Å²) in [4.78, 5) is 32.4. The molecular formula is C11H11NO5. The fourth-order valence-corrected chi connectivity index (χ4v) is 1.70. The van der Waals surface area contributed by atoms with Crippen LogP contribution in [0, 0.1) is 10.1 Å². The van der Waals surface area contributed by atoms with Gasteiger partial charge in [-0.2, -0.15) is 0 Å². The zero-order valence-electron chi connectivity index (χ0n) is 9.39. The van der Waals surface area contributed by atoms with Crippen LogP contribution in [-0.2, 0) is 6.42 Å². The van der Waals surface area contributed by atoms with E-state index in [0.29, 0.717) is 12.0 Å². The minimum absolute atomic E-state index is 0.0748. The monoisotopic (exact) mass is 237 g/mol. The molecule has 0 saturated carbocycles. The van der Waals surface area contributed by atoms with Crippen LogP contribution in [0.5, 0.6) is 0 Å². The van der Waals surface area contributed by atoms with Crippen LogP contribution in [0.2, 0.25) is 0 Å². The molecule has 1 N–H and O–H groups in total. The molecule has 0 atom stereocenters. The van der Waals surface area contributed by atoms with E-state index < -0.39 is 27.9 Å². The average molecular weight is 237 g/mol. The number of nitro benzene ring substituents is 1. The molecule has 0 fully saturated rings. The Hall–Kier alpha value is -2.24. The van der Waals surface area contributed by atoms with Crippen molar-refractivity contribution >= 4 is 17.4 Å². The lowest BCUT2D eigenvalue weighted by atomic mass is 9.95. The van der Waals surface area contributed by atoms with Gasteiger partial charge >= 0.3 is 5.97 Å². The lowest BCUT2D eigenvalue weighted by molar-refractivity contribution is -0.385. The summed E-state index contributed by atoms with van der Waals surface area (Å²) in [6.45, 7) is 2.95. The number of benzene rings is 1. The van der Waals surface area contributed by atoms with Gasteiger partial charge in [0.2, 0.25) is 0 Å². The molecule has 1 aromatic carbocycles. The van der Waals surface area contributed by atoms with Crippen molar-refractivity contribution in [1.82, 2.24) is 0 Å². The minimum Gasteiger partial charge on any atom is -0.477 e. The summed E-state index contributed by atoms with van der Waals surface area (Å²) in [7, 11) is 0. The Kier molecular flexibility index (Phi) is 3.57. The molecule has 0 bridgehead atoms. The predicted molar refractivity (Wildman–Crippen MR) is 59.4 cm³/mol. The van der Waals surface area contributed by atoms with Gasteiger partial charge in [-0.05, 0) is 18.9 Å². The van der Waals surface area contributed by atoms with Crippen molar-refractivity contribution in [2.45, 2.75) is 20.3 Å². The molecule has 0 amide bonds. The number of carboxylic acids is 1. The zero-order valence-corrected chi connectivity index (χ0v) is 9.39. The first-order valence-electron chi connectivity index (χ1n) is 4.94. The maximum atomic E-state index is 11.4. The number of nitro groups is 1.